The van der Waals surface area contributed by atoms with Crippen LogP contribution in [0.1, 0.15) is 27.9 Å². The van der Waals surface area contributed by atoms with Crippen LogP contribution in [0.5, 0.6) is 17.4 Å². The van der Waals surface area contributed by atoms with Crippen molar-refractivity contribution in [2.75, 3.05) is 13.7 Å². The van der Waals surface area contributed by atoms with Crippen molar-refractivity contribution in [1.29, 1.82) is 5.41 Å². The minimum atomic E-state index is -0.849. The number of carbonyl (C=O) groups excluding carboxylic acids is 2. The molecule has 2 amide bonds. The lowest BCUT2D eigenvalue weighted by Gasteiger charge is -2.15. The number of nitrogens with zero attached hydrogens (tertiary/aromatic N) is 4. The summed E-state index contributed by atoms with van der Waals surface area (Å²) in [6.07, 6.45) is 4.87. The van der Waals surface area contributed by atoms with Crippen LogP contribution in [0.4, 0.5) is 0 Å². The van der Waals surface area contributed by atoms with E-state index in [2.05, 4.69) is 30.7 Å². The SMILES string of the molecule is CN/C=C\C(=N)NC(=O)c1cc(Oc2cnc(-c3nc(C(N)=O)no3)cn2)cc(O[C@@H](C)CO)c1. The lowest BCUT2D eigenvalue weighted by molar-refractivity contribution is 0.0971. The zero-order valence-corrected chi connectivity index (χ0v) is 18.7. The van der Waals surface area contributed by atoms with Crippen molar-refractivity contribution in [2.45, 2.75) is 13.0 Å². The molecular formula is C21H22N8O6. The molecule has 0 bridgehead atoms. The number of benzene rings is 1. The zero-order valence-electron chi connectivity index (χ0n) is 18.7. The lowest BCUT2D eigenvalue weighted by Crippen LogP contribution is -2.28. The number of hydrogen-bond acceptors (Lipinski definition) is 12. The fraction of sp³-hybridized carbons (Fsp3) is 0.190. The standard InChI is InChI=1S/C21H22N8O6/c1-11(10-30)33-13-5-12(20(32)27-16(22)3-4-24-2)6-14(7-13)34-17-9-25-15(8-26-17)21-28-19(18(23)31)29-35-21/h3-9,11,24,30H,10H2,1-2H3,(H2,23,31)(H2,22,27,32)/b4-3-/t11-/m0/s1. The summed E-state index contributed by atoms with van der Waals surface area (Å²) in [5.74, 6) is -1.41. The minimum Gasteiger partial charge on any atom is -0.488 e. The van der Waals surface area contributed by atoms with Gasteiger partial charge in [0.1, 0.15) is 29.1 Å². The Labute approximate surface area is 198 Å². The van der Waals surface area contributed by atoms with Gasteiger partial charge in [-0.2, -0.15) is 4.98 Å². The van der Waals surface area contributed by atoms with Crippen LogP contribution in [-0.2, 0) is 0 Å². The van der Waals surface area contributed by atoms with Crippen LogP contribution in [-0.4, -0.2) is 62.6 Å². The molecule has 2 aromatic heterocycles. The van der Waals surface area contributed by atoms with E-state index in [0.717, 1.165) is 0 Å². The molecule has 0 aliphatic carbocycles. The van der Waals surface area contributed by atoms with Gasteiger partial charge in [-0.1, -0.05) is 5.16 Å². The molecule has 0 saturated carbocycles. The predicted octanol–water partition coefficient (Wildman–Crippen LogP) is 0.618. The van der Waals surface area contributed by atoms with Gasteiger partial charge in [-0.25, -0.2) is 9.97 Å². The van der Waals surface area contributed by atoms with Crippen LogP contribution in [0, 0.1) is 5.41 Å². The van der Waals surface area contributed by atoms with Gasteiger partial charge in [0.25, 0.3) is 23.5 Å². The van der Waals surface area contributed by atoms with Crippen molar-refractivity contribution in [3.05, 3.63) is 54.3 Å². The van der Waals surface area contributed by atoms with E-state index in [4.69, 9.17) is 25.1 Å². The maximum atomic E-state index is 12.6. The number of carbonyl (C=O) groups is 2. The topological polar surface area (TPSA) is 211 Å². The highest BCUT2D eigenvalue weighted by Crippen LogP contribution is 2.28. The number of amidine groups is 1. The molecule has 0 saturated heterocycles. The highest BCUT2D eigenvalue weighted by atomic mass is 16.5. The summed E-state index contributed by atoms with van der Waals surface area (Å²) in [6.45, 7) is 1.41. The fourth-order valence-corrected chi connectivity index (χ4v) is 2.53. The molecule has 0 spiro atoms. The summed E-state index contributed by atoms with van der Waals surface area (Å²) in [5, 5.41) is 25.7. The van der Waals surface area contributed by atoms with E-state index < -0.39 is 17.9 Å². The average Bonchev–Trinajstić information content (AvgIpc) is 3.34. The predicted molar refractivity (Wildman–Crippen MR) is 121 cm³/mol. The minimum absolute atomic E-state index is 0.0556. The Morgan fingerprint density at radius 2 is 2.03 bits per heavy atom. The van der Waals surface area contributed by atoms with Gasteiger partial charge >= 0.3 is 0 Å². The van der Waals surface area contributed by atoms with E-state index in [-0.39, 0.29) is 52.8 Å². The first kappa shape index (κ1) is 24.8. The molecule has 3 rings (SSSR count). The van der Waals surface area contributed by atoms with Crippen molar-refractivity contribution >= 4 is 17.6 Å². The molecule has 0 radical (unpaired) electrons. The molecule has 0 aliphatic heterocycles. The number of aliphatic hydroxyl groups excluding tert-OH is 1. The Bertz CT molecular complexity index is 1240. The molecule has 0 aliphatic rings. The van der Waals surface area contributed by atoms with Gasteiger partial charge in [0.05, 0.1) is 19.0 Å². The molecule has 182 valence electrons. The summed E-state index contributed by atoms with van der Waals surface area (Å²) in [4.78, 5) is 35.8. The summed E-state index contributed by atoms with van der Waals surface area (Å²) >= 11 is 0. The maximum absolute atomic E-state index is 12.6. The molecule has 1 atom stereocenters. The first-order valence-electron chi connectivity index (χ1n) is 10.1. The molecule has 3 aromatic rings. The van der Waals surface area contributed by atoms with Gasteiger partial charge in [0, 0.05) is 18.7 Å². The first-order chi connectivity index (χ1) is 16.8. The van der Waals surface area contributed by atoms with Gasteiger partial charge in [-0.15, -0.1) is 0 Å². The van der Waals surface area contributed by atoms with E-state index in [1.54, 1.807) is 14.0 Å². The number of amides is 2. The van der Waals surface area contributed by atoms with Crippen LogP contribution in [0.3, 0.4) is 0 Å². The quantitative estimate of drug-likeness (QED) is 0.199. The third-order valence-electron chi connectivity index (χ3n) is 4.12. The van der Waals surface area contributed by atoms with Crippen molar-refractivity contribution in [1.82, 2.24) is 30.7 Å². The van der Waals surface area contributed by atoms with Crippen LogP contribution in [0.25, 0.3) is 11.6 Å². The molecule has 0 unspecified atom stereocenters. The van der Waals surface area contributed by atoms with Gasteiger partial charge in [-0.05, 0) is 31.3 Å². The smallest absolute Gasteiger partial charge is 0.290 e. The van der Waals surface area contributed by atoms with E-state index in [9.17, 15) is 14.7 Å². The molecule has 14 heteroatoms. The molecule has 1 aromatic carbocycles. The van der Waals surface area contributed by atoms with Crippen LogP contribution in [0.15, 0.2) is 47.4 Å². The van der Waals surface area contributed by atoms with Gasteiger partial charge < -0.3 is 35.5 Å². The Morgan fingerprint density at radius 1 is 1.26 bits per heavy atom. The third kappa shape index (κ3) is 6.82. The van der Waals surface area contributed by atoms with Crippen molar-refractivity contribution in [3.63, 3.8) is 0 Å². The monoisotopic (exact) mass is 482 g/mol. The Hall–Kier alpha value is -4.85. The number of nitrogens with one attached hydrogen (secondary N) is 3. The van der Waals surface area contributed by atoms with Crippen molar-refractivity contribution < 1.29 is 28.7 Å². The zero-order chi connectivity index (χ0) is 25.4. The highest BCUT2D eigenvalue weighted by Gasteiger charge is 2.16. The van der Waals surface area contributed by atoms with Gasteiger partial charge in [-0.3, -0.25) is 15.0 Å². The number of aromatic nitrogens is 4. The molecule has 0 fully saturated rings. The van der Waals surface area contributed by atoms with Crippen molar-refractivity contribution in [2.24, 2.45) is 5.73 Å². The molecule has 35 heavy (non-hydrogen) atoms. The molecular weight excluding hydrogens is 460 g/mol. The number of primary amides is 1. The number of aliphatic hydroxyl groups is 1. The third-order valence-corrected chi connectivity index (χ3v) is 4.12. The van der Waals surface area contributed by atoms with Gasteiger partial charge in [0.15, 0.2) is 0 Å². The highest BCUT2D eigenvalue weighted by molar-refractivity contribution is 6.09. The second kappa shape index (κ2) is 11.3. The van der Waals surface area contributed by atoms with Crippen LogP contribution >= 0.6 is 0 Å². The molecule has 2 heterocycles. The summed E-state index contributed by atoms with van der Waals surface area (Å²) in [5.41, 5.74) is 5.42. The van der Waals surface area contributed by atoms with E-state index in [1.807, 2.05) is 0 Å². The number of hydrogen-bond donors (Lipinski definition) is 5. The summed E-state index contributed by atoms with van der Waals surface area (Å²) in [6, 6.07) is 4.37. The second-order valence-corrected chi connectivity index (χ2v) is 6.92. The van der Waals surface area contributed by atoms with E-state index in [0.29, 0.717) is 0 Å². The summed E-state index contributed by atoms with van der Waals surface area (Å²) in [7, 11) is 1.66. The Kier molecular flexibility index (Phi) is 8.02. The van der Waals surface area contributed by atoms with Crippen molar-refractivity contribution in [3.8, 4) is 29.0 Å². The largest absolute Gasteiger partial charge is 0.488 e. The number of nitrogens with two attached hydrogens (primary N) is 1. The first-order valence-corrected chi connectivity index (χ1v) is 10.1. The van der Waals surface area contributed by atoms with E-state index in [1.165, 1.54) is 42.9 Å². The maximum Gasteiger partial charge on any atom is 0.290 e. The molecule has 6 N–H and O–H groups in total. The Balaban J connectivity index is 1.82. The average molecular weight is 482 g/mol. The second-order valence-electron chi connectivity index (χ2n) is 6.92. The van der Waals surface area contributed by atoms with Crippen LogP contribution in [0.2, 0.25) is 0 Å². The lowest BCUT2D eigenvalue weighted by atomic mass is 10.2. The Morgan fingerprint density at radius 3 is 2.66 bits per heavy atom. The number of ether oxygens (including phenoxy) is 2. The fourth-order valence-electron chi connectivity index (χ4n) is 2.53. The number of rotatable bonds is 10. The van der Waals surface area contributed by atoms with Crippen LogP contribution < -0.4 is 25.8 Å². The van der Waals surface area contributed by atoms with Gasteiger partial charge in [0.2, 0.25) is 5.88 Å². The summed E-state index contributed by atoms with van der Waals surface area (Å²) < 4.78 is 16.2. The molecule has 14 nitrogen and oxygen atoms in total. The normalized spacial score (nSPS) is 11.6. The van der Waals surface area contributed by atoms with E-state index >= 15 is 0 Å².